The molecule has 6 heteroatoms. The van der Waals surface area contributed by atoms with Crippen molar-refractivity contribution >= 4 is 11.6 Å². The molecular formula is C4H6ClF3O2. The summed E-state index contributed by atoms with van der Waals surface area (Å²) in [6, 6.07) is 0. The Morgan fingerprint density at radius 2 is 2.10 bits per heavy atom. The highest BCUT2D eigenvalue weighted by Crippen LogP contribution is 2.26. The van der Waals surface area contributed by atoms with Crippen LogP contribution in [0.25, 0.3) is 0 Å². The van der Waals surface area contributed by atoms with Gasteiger partial charge in [-0.1, -0.05) is 0 Å². The molecule has 0 aliphatic rings. The third kappa shape index (κ3) is 3.92. The summed E-state index contributed by atoms with van der Waals surface area (Å²) in [5.41, 5.74) is 0. The van der Waals surface area contributed by atoms with Gasteiger partial charge < -0.3 is 9.84 Å². The Morgan fingerprint density at radius 1 is 1.60 bits per heavy atom. The van der Waals surface area contributed by atoms with E-state index in [4.69, 9.17) is 5.11 Å². The third-order valence-electron chi connectivity index (χ3n) is 0.613. The van der Waals surface area contributed by atoms with Gasteiger partial charge in [-0.3, -0.25) is 0 Å². The summed E-state index contributed by atoms with van der Waals surface area (Å²) in [7, 11) is 0. The monoisotopic (exact) mass is 178 g/mol. The van der Waals surface area contributed by atoms with Crippen molar-refractivity contribution in [2.24, 2.45) is 0 Å². The quantitative estimate of drug-likeness (QED) is 0.654. The fourth-order valence-corrected chi connectivity index (χ4v) is 0.314. The maximum absolute atomic E-state index is 11.9. The highest BCUT2D eigenvalue weighted by molar-refractivity contribution is 6.22. The first-order valence-electron chi connectivity index (χ1n) is 2.41. The zero-order valence-electron chi connectivity index (χ0n) is 4.86. The van der Waals surface area contributed by atoms with Crippen LogP contribution in [0, 0.1) is 0 Å². The number of aliphatic hydroxyl groups excluding tert-OH is 1. The van der Waals surface area contributed by atoms with Crippen molar-refractivity contribution < 1.29 is 23.0 Å². The number of hydrogen-bond donors (Lipinski definition) is 1. The summed E-state index contributed by atoms with van der Waals surface area (Å²) < 4.78 is 38.9. The first-order chi connectivity index (χ1) is 4.48. The van der Waals surface area contributed by atoms with E-state index in [-0.39, 0.29) is 0 Å². The minimum atomic E-state index is -4.02. The second kappa shape index (κ2) is 4.00. The number of alkyl halides is 4. The molecule has 0 aromatic heterocycles. The first-order valence-corrected chi connectivity index (χ1v) is 2.79. The van der Waals surface area contributed by atoms with Gasteiger partial charge in [0, 0.05) is 0 Å². The maximum Gasteiger partial charge on any atom is 0.376 e. The molecule has 0 spiro atoms. The number of ether oxygens (including phenoxy) is 1. The summed E-state index contributed by atoms with van der Waals surface area (Å²) >= 11 is 4.20. The Labute approximate surface area is 60.5 Å². The van der Waals surface area contributed by atoms with Crippen LogP contribution in [-0.2, 0) is 4.74 Å². The van der Waals surface area contributed by atoms with Gasteiger partial charge in [0.15, 0.2) is 0 Å². The summed E-state index contributed by atoms with van der Waals surface area (Å²) in [6.45, 7) is -1.02. The van der Waals surface area contributed by atoms with Crippen molar-refractivity contribution in [2.75, 3.05) is 13.2 Å². The molecule has 0 amide bonds. The predicted octanol–water partition coefficient (Wildman–Crippen LogP) is 1.12. The maximum atomic E-state index is 11.9. The van der Waals surface area contributed by atoms with Crippen molar-refractivity contribution in [3.8, 4) is 0 Å². The predicted molar refractivity (Wildman–Crippen MR) is 28.7 cm³/mol. The molecule has 0 aromatic rings. The van der Waals surface area contributed by atoms with Crippen LogP contribution in [0.2, 0.25) is 0 Å². The highest BCUT2D eigenvalue weighted by Gasteiger charge is 2.38. The molecule has 10 heavy (non-hydrogen) atoms. The fourth-order valence-electron chi connectivity index (χ4n) is 0.251. The lowest BCUT2D eigenvalue weighted by molar-refractivity contribution is -0.155. The van der Waals surface area contributed by atoms with E-state index in [1.54, 1.807) is 0 Å². The van der Waals surface area contributed by atoms with E-state index in [1.165, 1.54) is 0 Å². The van der Waals surface area contributed by atoms with Gasteiger partial charge in [-0.2, -0.15) is 8.78 Å². The molecule has 0 saturated heterocycles. The molecule has 0 aromatic carbocycles. The molecule has 62 valence electrons. The first kappa shape index (κ1) is 10.0. The molecular weight excluding hydrogens is 172 g/mol. The van der Waals surface area contributed by atoms with Gasteiger partial charge in [0.1, 0.15) is 0 Å². The van der Waals surface area contributed by atoms with E-state index in [0.29, 0.717) is 0 Å². The van der Waals surface area contributed by atoms with Gasteiger partial charge in [0.25, 0.3) is 6.36 Å². The molecule has 1 atom stereocenters. The summed E-state index contributed by atoms with van der Waals surface area (Å²) in [5.74, 6) is 0. The third-order valence-corrected chi connectivity index (χ3v) is 0.784. The minimum absolute atomic E-state index is 0.497. The summed E-state index contributed by atoms with van der Waals surface area (Å²) in [6.07, 6.45) is -2.86. The fraction of sp³-hybridized carbons (Fsp3) is 1.00. The van der Waals surface area contributed by atoms with Gasteiger partial charge in [-0.15, -0.1) is 0 Å². The van der Waals surface area contributed by atoms with E-state index in [2.05, 4.69) is 16.3 Å². The number of hydrogen-bond acceptors (Lipinski definition) is 2. The molecule has 2 nitrogen and oxygen atoms in total. The van der Waals surface area contributed by atoms with Crippen LogP contribution in [0.1, 0.15) is 0 Å². The lowest BCUT2D eigenvalue weighted by atomic mass is 10.7. The second-order valence-corrected chi connectivity index (χ2v) is 1.96. The molecule has 1 N–H and O–H groups in total. The van der Waals surface area contributed by atoms with Crippen LogP contribution in [0.15, 0.2) is 0 Å². The number of rotatable bonds is 4. The minimum Gasteiger partial charge on any atom is -0.394 e. The summed E-state index contributed by atoms with van der Waals surface area (Å²) in [4.78, 5) is 0. The molecule has 0 radical (unpaired) electrons. The molecule has 0 bridgehead atoms. The van der Waals surface area contributed by atoms with E-state index >= 15 is 0 Å². The Kier molecular flexibility index (Phi) is 4.00. The summed E-state index contributed by atoms with van der Waals surface area (Å²) in [5, 5.41) is 3.98. The van der Waals surface area contributed by atoms with Crippen molar-refractivity contribution in [3.05, 3.63) is 0 Å². The van der Waals surface area contributed by atoms with Gasteiger partial charge in [0.05, 0.1) is 13.2 Å². The molecule has 0 aliphatic heterocycles. The topological polar surface area (TPSA) is 29.5 Å². The molecule has 0 aliphatic carbocycles. The Bertz CT molecular complexity index is 95.0. The van der Waals surface area contributed by atoms with E-state index in [1.807, 2.05) is 0 Å². The average molecular weight is 179 g/mol. The van der Waals surface area contributed by atoms with Crippen molar-refractivity contribution in [1.29, 1.82) is 0 Å². The standard InChI is InChI=1S/C4H6ClF3O2/c5-4(7,8)3(6)10-2-1-9/h3,9H,1-2H2. The smallest absolute Gasteiger partial charge is 0.376 e. The highest BCUT2D eigenvalue weighted by atomic mass is 35.5. The van der Waals surface area contributed by atoms with Crippen molar-refractivity contribution in [1.82, 2.24) is 0 Å². The van der Waals surface area contributed by atoms with E-state index in [0.717, 1.165) is 0 Å². The zero-order valence-corrected chi connectivity index (χ0v) is 5.61. The number of halogens is 4. The lowest BCUT2D eigenvalue weighted by Crippen LogP contribution is -2.27. The van der Waals surface area contributed by atoms with Gasteiger partial charge >= 0.3 is 5.38 Å². The normalized spacial score (nSPS) is 15.3. The molecule has 0 fully saturated rings. The van der Waals surface area contributed by atoms with Gasteiger partial charge in [-0.05, 0) is 11.6 Å². The van der Waals surface area contributed by atoms with Crippen molar-refractivity contribution in [3.63, 3.8) is 0 Å². The van der Waals surface area contributed by atoms with Crippen LogP contribution >= 0.6 is 11.6 Å². The van der Waals surface area contributed by atoms with Crippen LogP contribution in [0.4, 0.5) is 13.2 Å². The van der Waals surface area contributed by atoms with Crippen molar-refractivity contribution in [2.45, 2.75) is 11.7 Å². The van der Waals surface area contributed by atoms with Gasteiger partial charge in [-0.25, -0.2) is 4.39 Å². The van der Waals surface area contributed by atoms with E-state index < -0.39 is 25.0 Å². The Hall–Kier alpha value is -0.0000000000000000555. The zero-order chi connectivity index (χ0) is 8.20. The Balaban J connectivity index is 3.52. The molecule has 1 unspecified atom stereocenters. The lowest BCUT2D eigenvalue weighted by Gasteiger charge is -2.12. The number of aliphatic hydroxyl groups is 1. The SMILES string of the molecule is OCCOC(F)C(F)(F)Cl. The molecule has 0 rings (SSSR count). The van der Waals surface area contributed by atoms with E-state index in [9.17, 15) is 13.2 Å². The second-order valence-electron chi connectivity index (χ2n) is 1.45. The Morgan fingerprint density at radius 3 is 2.40 bits per heavy atom. The van der Waals surface area contributed by atoms with Crippen LogP contribution in [-0.4, -0.2) is 30.1 Å². The average Bonchev–Trinajstić information content (AvgIpc) is 1.80. The molecule has 0 heterocycles. The van der Waals surface area contributed by atoms with Crippen LogP contribution < -0.4 is 0 Å². The van der Waals surface area contributed by atoms with Gasteiger partial charge in [0.2, 0.25) is 0 Å². The molecule has 0 saturated carbocycles. The van der Waals surface area contributed by atoms with Crippen LogP contribution in [0.3, 0.4) is 0 Å². The largest absolute Gasteiger partial charge is 0.394 e. The van der Waals surface area contributed by atoms with Crippen LogP contribution in [0.5, 0.6) is 0 Å².